The SMILES string of the molecule is CCC(CO)C(C)C(C)NC1=C(c2cc3ccnc(C)c3o2)C(Cl)=NC(N)=NC1. The number of nitrogens with one attached hydrogen (secondary N) is 1. The van der Waals surface area contributed by atoms with E-state index in [-0.39, 0.29) is 35.6 Å². The molecule has 2 aromatic rings. The summed E-state index contributed by atoms with van der Waals surface area (Å²) in [5.41, 5.74) is 8.80. The summed E-state index contributed by atoms with van der Waals surface area (Å²) in [4.78, 5) is 12.8. The van der Waals surface area contributed by atoms with Gasteiger partial charge in [0.25, 0.3) is 0 Å². The van der Waals surface area contributed by atoms with Crippen molar-refractivity contribution in [3.8, 4) is 0 Å². The Balaban J connectivity index is 2.05. The molecule has 3 atom stereocenters. The molecule has 0 saturated carbocycles. The lowest BCUT2D eigenvalue weighted by Gasteiger charge is -2.29. The molecule has 0 aliphatic carbocycles. The number of aliphatic imine (C=N–C) groups is 2. The van der Waals surface area contributed by atoms with Crippen LogP contribution in [0, 0.1) is 18.8 Å². The predicted octanol–water partition coefficient (Wildman–Crippen LogP) is 3.45. The summed E-state index contributed by atoms with van der Waals surface area (Å²) in [7, 11) is 0. The summed E-state index contributed by atoms with van der Waals surface area (Å²) >= 11 is 6.53. The molecule has 0 bridgehead atoms. The molecule has 0 amide bonds. The molecule has 0 radical (unpaired) electrons. The number of nitrogens with two attached hydrogens (primary N) is 1. The first kappa shape index (κ1) is 21.3. The van der Waals surface area contributed by atoms with E-state index in [9.17, 15) is 5.11 Å². The maximum Gasteiger partial charge on any atom is 0.217 e. The fourth-order valence-electron chi connectivity index (χ4n) is 3.63. The number of rotatable bonds is 7. The number of aromatic nitrogens is 1. The molecule has 3 heterocycles. The fourth-order valence-corrected chi connectivity index (χ4v) is 3.92. The molecule has 7 nitrogen and oxygen atoms in total. The zero-order chi connectivity index (χ0) is 21.1. The number of allylic oxidation sites excluding steroid dienone is 1. The van der Waals surface area contributed by atoms with Gasteiger partial charge in [-0.25, -0.2) is 9.98 Å². The number of hydrogen-bond acceptors (Lipinski definition) is 7. The zero-order valence-electron chi connectivity index (χ0n) is 17.2. The third-order valence-corrected chi connectivity index (χ3v) is 5.94. The Bertz CT molecular complexity index is 975. The second kappa shape index (κ2) is 8.97. The first-order valence-electron chi connectivity index (χ1n) is 9.86. The lowest BCUT2D eigenvalue weighted by molar-refractivity contribution is 0.160. The van der Waals surface area contributed by atoms with Crippen molar-refractivity contribution in [2.45, 2.75) is 40.2 Å². The summed E-state index contributed by atoms with van der Waals surface area (Å²) in [6.45, 7) is 8.66. The van der Waals surface area contributed by atoms with E-state index < -0.39 is 0 Å². The van der Waals surface area contributed by atoms with Gasteiger partial charge in [0.2, 0.25) is 5.96 Å². The van der Waals surface area contributed by atoms with E-state index in [1.807, 2.05) is 19.1 Å². The Labute approximate surface area is 175 Å². The molecule has 0 saturated heterocycles. The van der Waals surface area contributed by atoms with Crippen LogP contribution in [0.3, 0.4) is 0 Å². The molecule has 2 aromatic heterocycles. The van der Waals surface area contributed by atoms with Gasteiger partial charge < -0.3 is 20.6 Å². The Hall–Kier alpha value is -2.38. The number of aryl methyl sites for hydroxylation is 1. The van der Waals surface area contributed by atoms with Crippen molar-refractivity contribution < 1.29 is 9.52 Å². The van der Waals surface area contributed by atoms with Crippen molar-refractivity contribution in [1.29, 1.82) is 0 Å². The molecular weight excluding hydrogens is 390 g/mol. The van der Waals surface area contributed by atoms with Crippen LogP contribution in [0.4, 0.5) is 0 Å². The molecule has 1 aliphatic rings. The van der Waals surface area contributed by atoms with E-state index in [1.165, 1.54) is 0 Å². The highest BCUT2D eigenvalue weighted by Gasteiger charge is 2.26. The van der Waals surface area contributed by atoms with Crippen molar-refractivity contribution >= 4 is 39.3 Å². The van der Waals surface area contributed by atoms with Gasteiger partial charge in [0.05, 0.1) is 17.8 Å². The minimum atomic E-state index is 0.0730. The average Bonchev–Trinajstić information content (AvgIpc) is 3.06. The van der Waals surface area contributed by atoms with Gasteiger partial charge in [-0.05, 0) is 37.8 Å². The van der Waals surface area contributed by atoms with Gasteiger partial charge in [0, 0.05) is 29.9 Å². The second-order valence-corrected chi connectivity index (χ2v) is 7.86. The van der Waals surface area contributed by atoms with Crippen molar-refractivity contribution in [1.82, 2.24) is 10.3 Å². The molecule has 0 fully saturated rings. The highest BCUT2D eigenvalue weighted by Crippen LogP contribution is 2.31. The van der Waals surface area contributed by atoms with Gasteiger partial charge in [0.1, 0.15) is 10.9 Å². The van der Waals surface area contributed by atoms with Gasteiger partial charge >= 0.3 is 0 Å². The molecule has 8 heteroatoms. The largest absolute Gasteiger partial charge is 0.454 e. The van der Waals surface area contributed by atoms with Gasteiger partial charge in [-0.3, -0.25) is 4.98 Å². The van der Waals surface area contributed by atoms with Gasteiger partial charge in [-0.15, -0.1) is 0 Å². The van der Waals surface area contributed by atoms with Crippen LogP contribution < -0.4 is 11.1 Å². The van der Waals surface area contributed by atoms with E-state index in [0.29, 0.717) is 23.5 Å². The maximum atomic E-state index is 9.67. The zero-order valence-corrected chi connectivity index (χ0v) is 18.0. The second-order valence-electron chi connectivity index (χ2n) is 7.50. The van der Waals surface area contributed by atoms with Crippen LogP contribution in [0.5, 0.6) is 0 Å². The minimum Gasteiger partial charge on any atom is -0.454 e. The number of guanidine groups is 1. The number of nitrogens with zero attached hydrogens (tertiary/aromatic N) is 3. The highest BCUT2D eigenvalue weighted by atomic mass is 35.5. The van der Waals surface area contributed by atoms with Gasteiger partial charge in [-0.2, -0.15) is 0 Å². The normalized spacial score (nSPS) is 18.1. The molecule has 3 rings (SSSR count). The molecule has 0 aromatic carbocycles. The van der Waals surface area contributed by atoms with Crippen LogP contribution in [0.15, 0.2) is 38.4 Å². The number of aliphatic hydroxyl groups is 1. The molecule has 4 N–H and O–H groups in total. The summed E-state index contributed by atoms with van der Waals surface area (Å²) < 4.78 is 6.10. The molecule has 156 valence electrons. The third kappa shape index (κ3) is 4.46. The van der Waals surface area contributed by atoms with Crippen molar-refractivity contribution in [3.63, 3.8) is 0 Å². The van der Waals surface area contributed by atoms with Crippen LogP contribution in [0.1, 0.15) is 38.6 Å². The van der Waals surface area contributed by atoms with Crippen LogP contribution in [0.25, 0.3) is 16.5 Å². The number of halogens is 1. The molecule has 0 spiro atoms. The standard InChI is InChI=1S/C21H28ClN5O2/c1-5-14(10-28)11(2)12(3)26-16-9-25-21(23)27-20(22)18(16)17-8-15-6-7-24-13(4)19(15)29-17/h6-8,11-12,14,26,28H,5,9-10H2,1-4H3,(H2,23,25). The third-order valence-electron chi connectivity index (χ3n) is 5.67. The summed E-state index contributed by atoms with van der Waals surface area (Å²) in [5, 5.41) is 14.4. The first-order chi connectivity index (χ1) is 13.8. The van der Waals surface area contributed by atoms with E-state index in [0.717, 1.165) is 23.2 Å². The van der Waals surface area contributed by atoms with Crippen LogP contribution in [0.2, 0.25) is 0 Å². The van der Waals surface area contributed by atoms with Gasteiger partial charge in [-0.1, -0.05) is 31.9 Å². The average molecular weight is 418 g/mol. The topological polar surface area (TPSA) is 109 Å². The maximum absolute atomic E-state index is 9.67. The smallest absolute Gasteiger partial charge is 0.217 e. The first-order valence-corrected chi connectivity index (χ1v) is 10.2. The van der Waals surface area contributed by atoms with Crippen molar-refractivity contribution in [3.05, 3.63) is 35.5 Å². The van der Waals surface area contributed by atoms with Crippen molar-refractivity contribution in [2.24, 2.45) is 27.6 Å². The monoisotopic (exact) mass is 417 g/mol. The quantitative estimate of drug-likeness (QED) is 0.639. The van der Waals surface area contributed by atoms with Crippen molar-refractivity contribution in [2.75, 3.05) is 13.2 Å². The number of pyridine rings is 1. The van der Waals surface area contributed by atoms with Crippen LogP contribution in [-0.4, -0.2) is 40.4 Å². The van der Waals surface area contributed by atoms with E-state index >= 15 is 0 Å². The number of furan rings is 1. The molecular formula is C21H28ClN5O2. The number of fused-ring (bicyclic) bond motifs is 1. The predicted molar refractivity (Wildman–Crippen MR) is 118 cm³/mol. The lowest BCUT2D eigenvalue weighted by atomic mass is 9.87. The minimum absolute atomic E-state index is 0.0730. The lowest BCUT2D eigenvalue weighted by Crippen LogP contribution is -2.37. The summed E-state index contributed by atoms with van der Waals surface area (Å²) in [5.74, 6) is 1.15. The number of hydrogen-bond donors (Lipinski definition) is 3. The Morgan fingerprint density at radius 2 is 2.14 bits per heavy atom. The van der Waals surface area contributed by atoms with E-state index in [4.69, 9.17) is 21.8 Å². The number of aliphatic hydroxyl groups excluding tert-OH is 1. The Kier molecular flexibility index (Phi) is 6.59. The summed E-state index contributed by atoms with van der Waals surface area (Å²) in [6.07, 6.45) is 2.65. The molecule has 3 unspecified atom stereocenters. The molecule has 29 heavy (non-hydrogen) atoms. The van der Waals surface area contributed by atoms with Crippen LogP contribution >= 0.6 is 11.6 Å². The Morgan fingerprint density at radius 1 is 1.38 bits per heavy atom. The van der Waals surface area contributed by atoms with Gasteiger partial charge in [0.15, 0.2) is 5.58 Å². The highest BCUT2D eigenvalue weighted by molar-refractivity contribution is 6.77. The van der Waals surface area contributed by atoms with E-state index in [2.05, 4.69) is 41.1 Å². The molecule has 1 aliphatic heterocycles. The Morgan fingerprint density at radius 3 is 2.79 bits per heavy atom. The van der Waals surface area contributed by atoms with Crippen LogP contribution in [-0.2, 0) is 0 Å². The summed E-state index contributed by atoms with van der Waals surface area (Å²) in [6, 6.07) is 3.90. The van der Waals surface area contributed by atoms with E-state index in [1.54, 1.807) is 6.20 Å². The fraction of sp³-hybridized carbons (Fsp3) is 0.476.